The number of hydrogen-bond acceptors (Lipinski definition) is 3. The predicted molar refractivity (Wildman–Crippen MR) is 113 cm³/mol. The van der Waals surface area contributed by atoms with E-state index in [9.17, 15) is 13.2 Å². The van der Waals surface area contributed by atoms with Crippen molar-refractivity contribution in [2.45, 2.75) is 56.5 Å². The Morgan fingerprint density at radius 3 is 2.71 bits per heavy atom. The first kappa shape index (κ1) is 19.6. The third-order valence-electron chi connectivity index (χ3n) is 5.61. The molecule has 1 aliphatic heterocycles. The van der Waals surface area contributed by atoms with Crippen molar-refractivity contribution in [3.63, 3.8) is 0 Å². The van der Waals surface area contributed by atoms with Crippen molar-refractivity contribution in [3.8, 4) is 0 Å². The summed E-state index contributed by atoms with van der Waals surface area (Å²) < 4.78 is 30.5. The molecule has 2 atom stereocenters. The van der Waals surface area contributed by atoms with Crippen molar-refractivity contribution in [2.75, 3.05) is 4.90 Å². The molecule has 1 aliphatic carbocycles. The SMILES string of the molecule is CC(=O)N1c2c(cc(Br)cc2S(=O)(=O)N[C@@H]2CCCc3ccccc32)C[C@H]1C. The number of carbonyl (C=O) groups is 1. The van der Waals surface area contributed by atoms with Crippen molar-refractivity contribution < 1.29 is 13.2 Å². The van der Waals surface area contributed by atoms with Crippen LogP contribution in [0.25, 0.3) is 0 Å². The molecule has 1 N–H and O–H groups in total. The fraction of sp³-hybridized carbons (Fsp3) is 0.381. The highest BCUT2D eigenvalue weighted by molar-refractivity contribution is 9.10. The quantitative estimate of drug-likeness (QED) is 0.746. The average molecular weight is 463 g/mol. The first-order valence-corrected chi connectivity index (χ1v) is 11.8. The van der Waals surface area contributed by atoms with Crippen LogP contribution in [0.1, 0.15) is 49.4 Å². The minimum absolute atomic E-state index is 0.0637. The lowest BCUT2D eigenvalue weighted by Crippen LogP contribution is -2.36. The summed E-state index contributed by atoms with van der Waals surface area (Å²) in [7, 11) is -3.81. The van der Waals surface area contributed by atoms with Crippen LogP contribution in [0.5, 0.6) is 0 Å². The molecule has 7 heteroatoms. The van der Waals surface area contributed by atoms with E-state index in [-0.39, 0.29) is 22.9 Å². The van der Waals surface area contributed by atoms with Crippen molar-refractivity contribution in [3.05, 3.63) is 57.6 Å². The van der Waals surface area contributed by atoms with Crippen LogP contribution >= 0.6 is 15.9 Å². The number of amides is 1. The Hall–Kier alpha value is -1.70. The smallest absolute Gasteiger partial charge is 0.243 e. The van der Waals surface area contributed by atoms with Crippen molar-refractivity contribution >= 4 is 37.5 Å². The van der Waals surface area contributed by atoms with Gasteiger partial charge in [0, 0.05) is 23.5 Å². The normalized spacial score (nSPS) is 21.3. The molecule has 148 valence electrons. The second-order valence-corrected chi connectivity index (χ2v) is 10.2. The van der Waals surface area contributed by atoms with Gasteiger partial charge in [0.1, 0.15) is 4.90 Å². The number of halogens is 1. The zero-order chi connectivity index (χ0) is 20.1. The molecule has 0 saturated carbocycles. The van der Waals surface area contributed by atoms with Crippen molar-refractivity contribution in [2.24, 2.45) is 0 Å². The number of benzene rings is 2. The monoisotopic (exact) mass is 462 g/mol. The molecule has 28 heavy (non-hydrogen) atoms. The Morgan fingerprint density at radius 1 is 1.21 bits per heavy atom. The summed E-state index contributed by atoms with van der Waals surface area (Å²) in [5, 5.41) is 0. The summed E-state index contributed by atoms with van der Waals surface area (Å²) in [6.45, 7) is 3.42. The van der Waals surface area contributed by atoms with Gasteiger partial charge in [0.05, 0.1) is 5.69 Å². The largest absolute Gasteiger partial charge is 0.308 e. The molecule has 4 rings (SSSR count). The Balaban J connectivity index is 1.77. The highest BCUT2D eigenvalue weighted by Crippen LogP contribution is 2.41. The minimum Gasteiger partial charge on any atom is -0.308 e. The van der Waals surface area contributed by atoms with Gasteiger partial charge in [-0.05, 0) is 61.4 Å². The number of rotatable bonds is 3. The van der Waals surface area contributed by atoms with Gasteiger partial charge in [-0.2, -0.15) is 0 Å². The van der Waals surface area contributed by atoms with Crippen LogP contribution < -0.4 is 9.62 Å². The van der Waals surface area contributed by atoms with Gasteiger partial charge in [0.15, 0.2) is 0 Å². The number of nitrogens with one attached hydrogen (secondary N) is 1. The van der Waals surface area contributed by atoms with Crippen LogP contribution in [-0.2, 0) is 27.7 Å². The predicted octanol–water partition coefficient (Wildman–Crippen LogP) is 4.10. The summed E-state index contributed by atoms with van der Waals surface area (Å²) in [6.07, 6.45) is 3.32. The molecular weight excluding hydrogens is 440 g/mol. The topological polar surface area (TPSA) is 66.5 Å². The van der Waals surface area contributed by atoms with E-state index in [1.807, 2.05) is 31.2 Å². The lowest BCUT2D eigenvalue weighted by atomic mass is 9.88. The first-order chi connectivity index (χ1) is 13.3. The van der Waals surface area contributed by atoms with Gasteiger partial charge < -0.3 is 4.90 Å². The van der Waals surface area contributed by atoms with Gasteiger partial charge in [-0.3, -0.25) is 4.79 Å². The van der Waals surface area contributed by atoms with Crippen LogP contribution in [0.3, 0.4) is 0 Å². The molecule has 0 fully saturated rings. The maximum atomic E-state index is 13.4. The molecule has 2 aliphatic rings. The minimum atomic E-state index is -3.81. The molecule has 1 amide bonds. The van der Waals surface area contributed by atoms with E-state index in [0.717, 1.165) is 30.4 Å². The number of sulfonamides is 1. The lowest BCUT2D eigenvalue weighted by molar-refractivity contribution is -0.116. The summed E-state index contributed by atoms with van der Waals surface area (Å²) >= 11 is 3.44. The third kappa shape index (κ3) is 3.40. The lowest BCUT2D eigenvalue weighted by Gasteiger charge is -2.28. The highest BCUT2D eigenvalue weighted by atomic mass is 79.9. The van der Waals surface area contributed by atoms with Gasteiger partial charge in [0.2, 0.25) is 15.9 Å². The van der Waals surface area contributed by atoms with E-state index >= 15 is 0 Å². The maximum absolute atomic E-state index is 13.4. The summed E-state index contributed by atoms with van der Waals surface area (Å²) in [4.78, 5) is 14.0. The van der Waals surface area contributed by atoms with Gasteiger partial charge >= 0.3 is 0 Å². The van der Waals surface area contributed by atoms with Crippen molar-refractivity contribution in [1.29, 1.82) is 0 Å². The fourth-order valence-corrected chi connectivity index (χ4v) is 6.66. The van der Waals surface area contributed by atoms with Crippen LogP contribution in [0.15, 0.2) is 45.8 Å². The summed E-state index contributed by atoms with van der Waals surface area (Å²) in [5.41, 5.74) is 3.63. The number of aryl methyl sites for hydroxylation is 1. The van der Waals surface area contributed by atoms with Crippen LogP contribution in [0, 0.1) is 0 Å². The number of hydrogen-bond donors (Lipinski definition) is 1. The molecule has 0 aromatic heterocycles. The Bertz CT molecular complexity index is 1050. The van der Waals surface area contributed by atoms with E-state index in [2.05, 4.69) is 26.7 Å². The van der Waals surface area contributed by atoms with Crippen LogP contribution in [0.4, 0.5) is 5.69 Å². The summed E-state index contributed by atoms with van der Waals surface area (Å²) in [6, 6.07) is 11.2. The van der Waals surface area contributed by atoms with E-state index < -0.39 is 10.0 Å². The van der Waals surface area contributed by atoms with Crippen LogP contribution in [0.2, 0.25) is 0 Å². The molecule has 0 spiro atoms. The number of carbonyl (C=O) groups excluding carboxylic acids is 1. The Morgan fingerprint density at radius 2 is 1.96 bits per heavy atom. The molecule has 0 saturated heterocycles. The average Bonchev–Trinajstić information content (AvgIpc) is 2.96. The number of fused-ring (bicyclic) bond motifs is 2. The Labute approximate surface area is 174 Å². The number of nitrogens with zero attached hydrogens (tertiary/aromatic N) is 1. The third-order valence-corrected chi connectivity index (χ3v) is 7.55. The first-order valence-electron chi connectivity index (χ1n) is 9.50. The van der Waals surface area contributed by atoms with Gasteiger partial charge in [0.25, 0.3) is 0 Å². The standard InChI is InChI=1S/C21H23BrN2O3S/c1-13-10-16-11-17(22)12-20(21(16)24(13)14(2)25)28(26,27)23-19-9-5-7-15-6-3-4-8-18(15)19/h3-4,6,8,11-13,19,23H,5,7,9-10H2,1-2H3/t13-,19-/m1/s1. The molecule has 0 bridgehead atoms. The summed E-state index contributed by atoms with van der Waals surface area (Å²) in [5.74, 6) is -0.145. The molecule has 5 nitrogen and oxygen atoms in total. The Kier molecular flexibility index (Phi) is 5.10. The fourth-order valence-electron chi connectivity index (χ4n) is 4.49. The van der Waals surface area contributed by atoms with Crippen molar-refractivity contribution in [1.82, 2.24) is 4.72 Å². The zero-order valence-electron chi connectivity index (χ0n) is 15.9. The van der Waals surface area contributed by atoms with Gasteiger partial charge in [-0.15, -0.1) is 0 Å². The molecule has 2 aromatic rings. The maximum Gasteiger partial charge on any atom is 0.243 e. The van der Waals surface area contributed by atoms with Gasteiger partial charge in [-0.25, -0.2) is 13.1 Å². The second kappa shape index (κ2) is 7.28. The molecule has 2 aromatic carbocycles. The van der Waals surface area contributed by atoms with E-state index in [4.69, 9.17) is 0 Å². The van der Waals surface area contributed by atoms with Crippen LogP contribution in [-0.4, -0.2) is 20.4 Å². The van der Waals surface area contributed by atoms with E-state index in [0.29, 0.717) is 16.6 Å². The molecule has 1 heterocycles. The molecular formula is C21H23BrN2O3S. The number of anilines is 1. The zero-order valence-corrected chi connectivity index (χ0v) is 18.3. The second-order valence-electron chi connectivity index (χ2n) is 7.62. The molecule has 0 unspecified atom stereocenters. The van der Waals surface area contributed by atoms with Gasteiger partial charge in [-0.1, -0.05) is 40.2 Å². The van der Waals surface area contributed by atoms with E-state index in [1.54, 1.807) is 11.0 Å². The molecule has 0 radical (unpaired) electrons. The van der Waals surface area contributed by atoms with E-state index in [1.165, 1.54) is 12.5 Å². The highest BCUT2D eigenvalue weighted by Gasteiger charge is 2.36.